The van der Waals surface area contributed by atoms with E-state index in [9.17, 15) is 9.59 Å². The van der Waals surface area contributed by atoms with Gasteiger partial charge in [0.25, 0.3) is 0 Å². The molecule has 2 rings (SSSR count). The van der Waals surface area contributed by atoms with Gasteiger partial charge in [-0.15, -0.1) is 0 Å². The summed E-state index contributed by atoms with van der Waals surface area (Å²) in [6.07, 6.45) is 12.4. The Morgan fingerprint density at radius 3 is 2.46 bits per heavy atom. The molecule has 1 aromatic heterocycles. The SMILES string of the molecule is Cc1cnccc1NCCNC(=O)CCC(=O)NC1CCCCCCC1. The summed E-state index contributed by atoms with van der Waals surface area (Å²) in [4.78, 5) is 28.0. The van der Waals surface area contributed by atoms with E-state index in [2.05, 4.69) is 20.9 Å². The van der Waals surface area contributed by atoms with Crippen molar-refractivity contribution in [3.8, 4) is 0 Å². The second-order valence-electron chi connectivity index (χ2n) is 7.08. The van der Waals surface area contributed by atoms with Gasteiger partial charge in [-0.1, -0.05) is 32.1 Å². The number of nitrogens with zero attached hydrogens (tertiary/aromatic N) is 1. The first kappa shape index (κ1) is 20.2. The van der Waals surface area contributed by atoms with Crippen LogP contribution in [0.1, 0.15) is 63.4 Å². The lowest BCUT2D eigenvalue weighted by Gasteiger charge is -2.21. The molecule has 1 aromatic rings. The largest absolute Gasteiger partial charge is 0.383 e. The van der Waals surface area contributed by atoms with Crippen LogP contribution < -0.4 is 16.0 Å². The molecule has 1 heterocycles. The number of amides is 2. The number of carbonyl (C=O) groups excluding carboxylic acids is 2. The molecule has 0 saturated heterocycles. The smallest absolute Gasteiger partial charge is 0.220 e. The predicted octanol–water partition coefficient (Wildman–Crippen LogP) is 2.93. The Kier molecular flexibility index (Phi) is 8.93. The Bertz CT molecular complexity index is 569. The van der Waals surface area contributed by atoms with Crippen molar-refractivity contribution in [2.75, 3.05) is 18.4 Å². The summed E-state index contributed by atoms with van der Waals surface area (Å²) in [5.74, 6) is -0.0812. The Hall–Kier alpha value is -2.11. The molecule has 1 fully saturated rings. The predicted molar refractivity (Wildman–Crippen MR) is 104 cm³/mol. The highest BCUT2D eigenvalue weighted by molar-refractivity contribution is 5.83. The van der Waals surface area contributed by atoms with Gasteiger partial charge in [0.1, 0.15) is 0 Å². The highest BCUT2D eigenvalue weighted by Crippen LogP contribution is 2.17. The summed E-state index contributed by atoms with van der Waals surface area (Å²) in [5, 5.41) is 9.22. The Balaban J connectivity index is 1.56. The molecule has 0 aliphatic heterocycles. The standard InChI is InChI=1S/C20H32N4O2/c1-16-15-21-12-11-18(16)22-13-14-23-19(25)9-10-20(26)24-17-7-5-3-2-4-6-8-17/h11-12,15,17H,2-10,13-14H2,1H3,(H,21,22)(H,23,25)(H,24,26). The monoisotopic (exact) mass is 360 g/mol. The second-order valence-corrected chi connectivity index (χ2v) is 7.08. The third-order valence-corrected chi connectivity index (χ3v) is 4.83. The van der Waals surface area contributed by atoms with E-state index in [1.54, 1.807) is 12.4 Å². The van der Waals surface area contributed by atoms with E-state index in [0.717, 1.165) is 24.1 Å². The van der Waals surface area contributed by atoms with Crippen molar-refractivity contribution < 1.29 is 9.59 Å². The molecule has 0 unspecified atom stereocenters. The van der Waals surface area contributed by atoms with Gasteiger partial charge in [-0.2, -0.15) is 0 Å². The number of anilines is 1. The molecule has 2 amide bonds. The minimum absolute atomic E-state index is 0.00346. The highest BCUT2D eigenvalue weighted by atomic mass is 16.2. The first-order valence-corrected chi connectivity index (χ1v) is 9.85. The fourth-order valence-electron chi connectivity index (χ4n) is 3.29. The van der Waals surface area contributed by atoms with Crippen molar-refractivity contribution in [1.82, 2.24) is 15.6 Å². The quantitative estimate of drug-likeness (QED) is 0.623. The molecule has 0 atom stereocenters. The Labute approximate surface area is 156 Å². The van der Waals surface area contributed by atoms with E-state index in [4.69, 9.17) is 0 Å². The Morgan fingerprint density at radius 2 is 1.73 bits per heavy atom. The van der Waals surface area contributed by atoms with Crippen LogP contribution in [0.4, 0.5) is 5.69 Å². The van der Waals surface area contributed by atoms with Crippen molar-refractivity contribution in [3.63, 3.8) is 0 Å². The van der Waals surface area contributed by atoms with Gasteiger partial charge in [0.05, 0.1) is 0 Å². The van der Waals surface area contributed by atoms with E-state index in [0.29, 0.717) is 19.1 Å². The third-order valence-electron chi connectivity index (χ3n) is 4.83. The number of rotatable bonds is 8. The molecule has 6 nitrogen and oxygen atoms in total. The van der Waals surface area contributed by atoms with E-state index < -0.39 is 0 Å². The van der Waals surface area contributed by atoms with Crippen LogP contribution in [0.25, 0.3) is 0 Å². The van der Waals surface area contributed by atoms with Crippen LogP contribution in [-0.2, 0) is 9.59 Å². The molecule has 26 heavy (non-hydrogen) atoms. The van der Waals surface area contributed by atoms with Crippen molar-refractivity contribution in [3.05, 3.63) is 24.0 Å². The van der Waals surface area contributed by atoms with Gasteiger partial charge in [0.15, 0.2) is 0 Å². The van der Waals surface area contributed by atoms with Crippen LogP contribution in [0.15, 0.2) is 18.5 Å². The molecule has 144 valence electrons. The average Bonchev–Trinajstić information content (AvgIpc) is 2.60. The number of aromatic nitrogens is 1. The molecule has 0 aromatic carbocycles. The number of hydrogen-bond donors (Lipinski definition) is 3. The lowest BCUT2D eigenvalue weighted by atomic mass is 9.96. The molecule has 1 aliphatic rings. The number of pyridine rings is 1. The van der Waals surface area contributed by atoms with Crippen LogP contribution in [-0.4, -0.2) is 35.9 Å². The lowest BCUT2D eigenvalue weighted by molar-refractivity contribution is -0.126. The van der Waals surface area contributed by atoms with Crippen molar-refractivity contribution in [1.29, 1.82) is 0 Å². The molecule has 0 spiro atoms. The zero-order valence-electron chi connectivity index (χ0n) is 15.9. The molecule has 0 bridgehead atoms. The van der Waals surface area contributed by atoms with Crippen LogP contribution in [0, 0.1) is 6.92 Å². The van der Waals surface area contributed by atoms with Crippen molar-refractivity contribution >= 4 is 17.5 Å². The van der Waals surface area contributed by atoms with Gasteiger partial charge in [0.2, 0.25) is 11.8 Å². The number of aryl methyl sites for hydroxylation is 1. The van der Waals surface area contributed by atoms with Crippen molar-refractivity contribution in [2.24, 2.45) is 0 Å². The zero-order valence-corrected chi connectivity index (χ0v) is 15.9. The summed E-state index contributed by atoms with van der Waals surface area (Å²) in [7, 11) is 0. The van der Waals surface area contributed by atoms with Crippen molar-refractivity contribution in [2.45, 2.75) is 70.8 Å². The van der Waals surface area contributed by atoms with E-state index in [1.807, 2.05) is 13.0 Å². The van der Waals surface area contributed by atoms with Crippen LogP contribution >= 0.6 is 0 Å². The summed E-state index contributed by atoms with van der Waals surface area (Å²) in [6.45, 7) is 3.16. The molecule has 1 saturated carbocycles. The summed E-state index contributed by atoms with van der Waals surface area (Å²) >= 11 is 0. The molecule has 3 N–H and O–H groups in total. The third kappa shape index (κ3) is 7.85. The average molecular weight is 361 g/mol. The summed E-state index contributed by atoms with van der Waals surface area (Å²) < 4.78 is 0. The fourth-order valence-corrected chi connectivity index (χ4v) is 3.29. The van der Waals surface area contributed by atoms with E-state index in [-0.39, 0.29) is 24.7 Å². The fraction of sp³-hybridized carbons (Fsp3) is 0.650. The number of carbonyl (C=O) groups is 2. The van der Waals surface area contributed by atoms with Gasteiger partial charge in [-0.05, 0) is 31.4 Å². The summed E-state index contributed by atoms with van der Waals surface area (Å²) in [5.41, 5.74) is 2.09. The number of hydrogen-bond acceptors (Lipinski definition) is 4. The first-order valence-electron chi connectivity index (χ1n) is 9.85. The van der Waals surface area contributed by atoms with E-state index in [1.165, 1.54) is 32.1 Å². The Morgan fingerprint density at radius 1 is 1.04 bits per heavy atom. The van der Waals surface area contributed by atoms with Gasteiger partial charge < -0.3 is 16.0 Å². The minimum atomic E-state index is -0.0777. The lowest BCUT2D eigenvalue weighted by Crippen LogP contribution is -2.36. The molecule has 6 heteroatoms. The normalized spacial score (nSPS) is 15.6. The van der Waals surface area contributed by atoms with Crippen LogP contribution in [0.2, 0.25) is 0 Å². The second kappa shape index (κ2) is 11.5. The molecule has 1 aliphatic carbocycles. The summed E-state index contributed by atoms with van der Waals surface area (Å²) in [6, 6.07) is 2.20. The maximum Gasteiger partial charge on any atom is 0.220 e. The minimum Gasteiger partial charge on any atom is -0.383 e. The van der Waals surface area contributed by atoms with Gasteiger partial charge in [-0.25, -0.2) is 0 Å². The van der Waals surface area contributed by atoms with Crippen LogP contribution in [0.3, 0.4) is 0 Å². The van der Waals surface area contributed by atoms with E-state index >= 15 is 0 Å². The molecular formula is C20H32N4O2. The maximum absolute atomic E-state index is 12.1. The van der Waals surface area contributed by atoms with Gasteiger partial charge >= 0.3 is 0 Å². The number of nitrogens with one attached hydrogen (secondary N) is 3. The maximum atomic E-state index is 12.1. The highest BCUT2D eigenvalue weighted by Gasteiger charge is 2.14. The zero-order chi connectivity index (χ0) is 18.6. The van der Waals surface area contributed by atoms with Gasteiger partial charge in [0, 0.05) is 50.1 Å². The van der Waals surface area contributed by atoms with Gasteiger partial charge in [-0.3, -0.25) is 14.6 Å². The first-order chi connectivity index (χ1) is 12.6. The van der Waals surface area contributed by atoms with Crippen LogP contribution in [0.5, 0.6) is 0 Å². The topological polar surface area (TPSA) is 83.1 Å². The molecule has 0 radical (unpaired) electrons. The molecular weight excluding hydrogens is 328 g/mol.